The van der Waals surface area contributed by atoms with Crippen molar-refractivity contribution < 1.29 is 18.8 Å². The summed E-state index contributed by atoms with van der Waals surface area (Å²) in [5.74, 6) is -0.749. The van der Waals surface area contributed by atoms with Gasteiger partial charge in [-0.15, -0.1) is 0 Å². The molecule has 0 unspecified atom stereocenters. The van der Waals surface area contributed by atoms with Crippen molar-refractivity contribution in [2.45, 2.75) is 0 Å². The minimum Gasteiger partial charge on any atom is -0.503 e. The second-order valence-electron chi connectivity index (χ2n) is 3.21. The number of hydrogen-bond donors (Lipinski definition) is 2. The summed E-state index contributed by atoms with van der Waals surface area (Å²) in [7, 11) is 1.33. The number of phenols is 1. The molecular weight excluding hydrogens is 295 g/mol. The van der Waals surface area contributed by atoms with Crippen molar-refractivity contribution in [3.63, 3.8) is 0 Å². The Morgan fingerprint density at radius 3 is 2.76 bits per heavy atom. The molecule has 1 aromatic heterocycles. The molecule has 5 nitrogen and oxygen atoms in total. The van der Waals surface area contributed by atoms with Crippen LogP contribution in [0, 0.1) is 5.82 Å². The number of aromatic nitrogens is 1. The van der Waals surface area contributed by atoms with Gasteiger partial charge in [-0.3, -0.25) is 0 Å². The third kappa shape index (κ3) is 1.93. The Morgan fingerprint density at radius 2 is 2.24 bits per heavy atom. The lowest BCUT2D eigenvalue weighted by atomic mass is 10.1. The maximum atomic E-state index is 13.8. The van der Waals surface area contributed by atoms with Crippen LogP contribution >= 0.6 is 15.9 Å². The molecule has 7 heteroatoms. The third-order valence-corrected chi connectivity index (χ3v) is 2.93. The Balaban J connectivity index is 2.66. The van der Waals surface area contributed by atoms with E-state index in [1.54, 1.807) is 0 Å². The first-order valence-corrected chi connectivity index (χ1v) is 5.31. The van der Waals surface area contributed by atoms with E-state index in [1.165, 1.54) is 13.2 Å². The number of nitrogens with zero attached hydrogens (tertiary/aromatic N) is 1. The SMILES string of the molecule is COc1cc(F)c(-c2cc(N)on2)c(Br)c1O. The standard InChI is InChI=1S/C10H8BrFN2O3/c1-16-6-2-4(12)8(9(11)10(6)15)5-3-7(13)17-14-5/h2-3,15H,13H2,1H3. The molecule has 2 aromatic rings. The van der Waals surface area contributed by atoms with E-state index in [0.29, 0.717) is 0 Å². The summed E-state index contributed by atoms with van der Waals surface area (Å²) in [6.07, 6.45) is 0. The summed E-state index contributed by atoms with van der Waals surface area (Å²) in [5.41, 5.74) is 5.60. The Morgan fingerprint density at radius 1 is 1.53 bits per heavy atom. The number of benzene rings is 1. The van der Waals surface area contributed by atoms with Crippen LogP contribution in [0.3, 0.4) is 0 Å². The fraction of sp³-hybridized carbons (Fsp3) is 0.100. The number of halogens is 2. The molecule has 0 bridgehead atoms. The molecule has 0 radical (unpaired) electrons. The Kier molecular flexibility index (Phi) is 2.93. The Hall–Kier alpha value is -1.76. The van der Waals surface area contributed by atoms with Crippen molar-refractivity contribution in [3.8, 4) is 22.8 Å². The summed E-state index contributed by atoms with van der Waals surface area (Å²) >= 11 is 3.08. The van der Waals surface area contributed by atoms with Crippen LogP contribution in [0.25, 0.3) is 11.3 Å². The number of phenolic OH excluding ortho intramolecular Hbond substituents is 1. The second kappa shape index (κ2) is 4.25. The van der Waals surface area contributed by atoms with Gasteiger partial charge in [-0.1, -0.05) is 5.16 Å². The molecule has 90 valence electrons. The van der Waals surface area contributed by atoms with E-state index in [4.69, 9.17) is 10.5 Å². The molecule has 0 amide bonds. The van der Waals surface area contributed by atoms with Gasteiger partial charge in [-0.2, -0.15) is 0 Å². The highest BCUT2D eigenvalue weighted by Crippen LogP contribution is 2.42. The highest BCUT2D eigenvalue weighted by atomic mass is 79.9. The fourth-order valence-corrected chi connectivity index (χ4v) is 1.97. The maximum absolute atomic E-state index is 13.8. The van der Waals surface area contributed by atoms with Crippen molar-refractivity contribution >= 4 is 21.8 Å². The normalized spacial score (nSPS) is 10.5. The average Bonchev–Trinajstić information content (AvgIpc) is 2.70. The minimum absolute atomic E-state index is 0.0228. The number of hydrogen-bond acceptors (Lipinski definition) is 5. The summed E-state index contributed by atoms with van der Waals surface area (Å²) < 4.78 is 23.4. The molecule has 0 fully saturated rings. The van der Waals surface area contributed by atoms with Gasteiger partial charge in [0.05, 0.1) is 17.1 Å². The van der Waals surface area contributed by atoms with E-state index in [9.17, 15) is 9.50 Å². The molecule has 0 spiro atoms. The van der Waals surface area contributed by atoms with Crippen LogP contribution in [0.5, 0.6) is 11.5 Å². The molecule has 1 aromatic carbocycles. The van der Waals surface area contributed by atoms with Crippen LogP contribution in [0.15, 0.2) is 21.1 Å². The first kappa shape index (κ1) is 11.7. The molecule has 3 N–H and O–H groups in total. The van der Waals surface area contributed by atoms with Crippen LogP contribution in [-0.2, 0) is 0 Å². The van der Waals surface area contributed by atoms with Crippen molar-refractivity contribution in [1.82, 2.24) is 5.16 Å². The van der Waals surface area contributed by atoms with Gasteiger partial charge in [0, 0.05) is 12.1 Å². The molecule has 0 saturated heterocycles. The molecule has 0 aliphatic heterocycles. The van der Waals surface area contributed by atoms with E-state index in [2.05, 4.69) is 25.6 Å². The number of nitrogen functional groups attached to an aromatic ring is 1. The predicted molar refractivity (Wildman–Crippen MR) is 62.2 cm³/mol. The van der Waals surface area contributed by atoms with E-state index >= 15 is 0 Å². The van der Waals surface area contributed by atoms with Crippen molar-refractivity contribution in [1.29, 1.82) is 0 Å². The predicted octanol–water partition coefficient (Wildman–Crippen LogP) is 2.54. The van der Waals surface area contributed by atoms with Gasteiger partial charge >= 0.3 is 0 Å². The zero-order valence-corrected chi connectivity index (χ0v) is 10.3. The van der Waals surface area contributed by atoms with Gasteiger partial charge < -0.3 is 20.1 Å². The van der Waals surface area contributed by atoms with Gasteiger partial charge in [0.15, 0.2) is 11.5 Å². The number of rotatable bonds is 2. The van der Waals surface area contributed by atoms with E-state index < -0.39 is 5.82 Å². The molecule has 0 saturated carbocycles. The smallest absolute Gasteiger partial charge is 0.222 e. The van der Waals surface area contributed by atoms with Crippen LogP contribution in [-0.4, -0.2) is 17.4 Å². The summed E-state index contributed by atoms with van der Waals surface area (Å²) in [6, 6.07) is 2.41. The zero-order chi connectivity index (χ0) is 12.6. The van der Waals surface area contributed by atoms with Crippen LogP contribution in [0.2, 0.25) is 0 Å². The fourth-order valence-electron chi connectivity index (χ4n) is 1.38. The second-order valence-corrected chi connectivity index (χ2v) is 4.01. The van der Waals surface area contributed by atoms with E-state index in [-0.39, 0.29) is 33.1 Å². The monoisotopic (exact) mass is 302 g/mol. The highest BCUT2D eigenvalue weighted by molar-refractivity contribution is 9.10. The average molecular weight is 303 g/mol. The highest BCUT2D eigenvalue weighted by Gasteiger charge is 2.20. The van der Waals surface area contributed by atoms with E-state index in [0.717, 1.165) is 6.07 Å². The van der Waals surface area contributed by atoms with Gasteiger partial charge in [0.25, 0.3) is 0 Å². The van der Waals surface area contributed by atoms with E-state index in [1.807, 2.05) is 0 Å². The topological polar surface area (TPSA) is 81.5 Å². The third-order valence-electron chi connectivity index (χ3n) is 2.16. The van der Waals surface area contributed by atoms with Gasteiger partial charge in [0.1, 0.15) is 11.5 Å². The maximum Gasteiger partial charge on any atom is 0.222 e. The summed E-state index contributed by atoms with van der Waals surface area (Å²) in [5, 5.41) is 13.3. The Bertz CT molecular complexity index is 571. The number of ether oxygens (including phenoxy) is 1. The molecule has 0 aliphatic rings. The summed E-state index contributed by atoms with van der Waals surface area (Å²) in [4.78, 5) is 0. The first-order chi connectivity index (χ1) is 8.04. The molecule has 2 rings (SSSR count). The van der Waals surface area contributed by atoms with Crippen LogP contribution in [0.1, 0.15) is 0 Å². The molecule has 17 heavy (non-hydrogen) atoms. The quantitative estimate of drug-likeness (QED) is 0.891. The van der Waals surface area contributed by atoms with Crippen molar-refractivity contribution in [2.24, 2.45) is 0 Å². The lowest BCUT2D eigenvalue weighted by Crippen LogP contribution is -1.92. The lowest BCUT2D eigenvalue weighted by Gasteiger charge is -2.09. The molecular formula is C10H8BrFN2O3. The van der Waals surface area contributed by atoms with Crippen LogP contribution in [0.4, 0.5) is 10.3 Å². The number of nitrogens with two attached hydrogens (primary N) is 1. The minimum atomic E-state index is -0.611. The number of anilines is 1. The van der Waals surface area contributed by atoms with Gasteiger partial charge in [0.2, 0.25) is 5.88 Å². The van der Waals surface area contributed by atoms with Gasteiger partial charge in [-0.05, 0) is 15.9 Å². The Labute approximate surface area is 104 Å². The largest absolute Gasteiger partial charge is 0.503 e. The lowest BCUT2D eigenvalue weighted by molar-refractivity contribution is 0.369. The molecule has 0 aliphatic carbocycles. The van der Waals surface area contributed by atoms with Crippen LogP contribution < -0.4 is 10.5 Å². The van der Waals surface area contributed by atoms with Gasteiger partial charge in [-0.25, -0.2) is 4.39 Å². The molecule has 1 heterocycles. The summed E-state index contributed by atoms with van der Waals surface area (Å²) in [6.45, 7) is 0. The number of aromatic hydroxyl groups is 1. The number of methoxy groups -OCH3 is 1. The van der Waals surface area contributed by atoms with Crippen molar-refractivity contribution in [3.05, 3.63) is 22.4 Å². The molecule has 0 atom stereocenters. The van der Waals surface area contributed by atoms with Crippen molar-refractivity contribution in [2.75, 3.05) is 12.8 Å². The zero-order valence-electron chi connectivity index (χ0n) is 8.70. The first-order valence-electron chi connectivity index (χ1n) is 4.52.